The number of aromatic hydroxyl groups is 2. The van der Waals surface area contributed by atoms with E-state index >= 15 is 0 Å². The van der Waals surface area contributed by atoms with Crippen LogP contribution in [-0.4, -0.2) is 10.2 Å². The number of phenols is 2. The van der Waals surface area contributed by atoms with E-state index in [1.54, 1.807) is 48.5 Å². The minimum atomic E-state index is -1.22. The molecular weight excluding hydrogens is 256 g/mol. The normalized spacial score (nSPS) is 9.65. The Hall–Kier alpha value is -1.65. The quantitative estimate of drug-likeness (QED) is 0.834. The summed E-state index contributed by atoms with van der Waals surface area (Å²) >= 11 is -1.22. The zero-order valence-electron chi connectivity index (χ0n) is 8.83. The molecule has 0 aliphatic rings. The number of rotatable bonds is 4. The molecule has 0 unspecified atom stereocenters. The van der Waals surface area contributed by atoms with Crippen molar-refractivity contribution in [2.45, 2.75) is 0 Å². The minimum absolute atomic E-state index is 0.0807. The van der Waals surface area contributed by atoms with Gasteiger partial charge in [-0.1, -0.05) is 0 Å². The van der Waals surface area contributed by atoms with E-state index in [-0.39, 0.29) is 11.5 Å². The summed E-state index contributed by atoms with van der Waals surface area (Å²) in [5, 5.41) is 18.9. The Kier molecular flexibility index (Phi) is 3.91. The van der Waals surface area contributed by atoms with Crippen LogP contribution in [0.5, 0.6) is 23.0 Å². The van der Waals surface area contributed by atoms with Gasteiger partial charge in [-0.15, -0.1) is 0 Å². The monoisotopic (exact) mass is 266 g/mol. The van der Waals surface area contributed by atoms with Gasteiger partial charge >= 0.3 is 108 Å². The van der Waals surface area contributed by atoms with Crippen molar-refractivity contribution in [1.29, 1.82) is 0 Å². The molecule has 2 rings (SSSR count). The van der Waals surface area contributed by atoms with E-state index in [1.165, 1.54) is 0 Å². The summed E-state index contributed by atoms with van der Waals surface area (Å²) in [7, 11) is 0. The van der Waals surface area contributed by atoms with E-state index in [0.717, 1.165) is 0 Å². The number of benzene rings is 2. The third-order valence-corrected chi connectivity index (χ3v) is 2.98. The van der Waals surface area contributed by atoms with Gasteiger partial charge in [-0.05, 0) is 0 Å². The predicted octanol–water partition coefficient (Wildman–Crippen LogP) is 2.47. The van der Waals surface area contributed by atoms with Crippen LogP contribution in [0.15, 0.2) is 48.5 Å². The Morgan fingerprint density at radius 2 is 1.12 bits per heavy atom. The second-order valence-electron chi connectivity index (χ2n) is 3.22. The zero-order valence-corrected chi connectivity index (χ0v) is 10.4. The number of para-hydroxylation sites is 4. The molecule has 0 amide bonds. The van der Waals surface area contributed by atoms with Gasteiger partial charge in [0.05, 0.1) is 0 Å². The molecule has 0 radical (unpaired) electrons. The summed E-state index contributed by atoms with van der Waals surface area (Å²) < 4.78 is 10.7. The summed E-state index contributed by atoms with van der Waals surface area (Å²) in [6.07, 6.45) is 0. The number of hydrogen-bond donors (Lipinski definition) is 2. The molecule has 4 nitrogen and oxygen atoms in total. The van der Waals surface area contributed by atoms with Crippen LogP contribution >= 0.6 is 0 Å². The molecule has 2 aromatic carbocycles. The first-order chi connectivity index (χ1) is 8.27. The van der Waals surface area contributed by atoms with E-state index in [2.05, 4.69) is 0 Å². The molecule has 2 N–H and O–H groups in total. The molecule has 0 spiro atoms. The van der Waals surface area contributed by atoms with Crippen molar-refractivity contribution in [3.8, 4) is 23.0 Å². The number of phenolic OH excluding ortho intramolecular Hbond substituents is 2. The molecule has 86 valence electrons. The van der Waals surface area contributed by atoms with Crippen LogP contribution in [0.3, 0.4) is 0 Å². The molecule has 0 aliphatic carbocycles. The van der Waals surface area contributed by atoms with Gasteiger partial charge in [-0.3, -0.25) is 0 Å². The first-order valence-electron chi connectivity index (χ1n) is 4.92. The summed E-state index contributed by atoms with van der Waals surface area (Å²) in [6, 6.07) is 13.4. The Labute approximate surface area is 108 Å². The average Bonchev–Trinajstić information content (AvgIpc) is 2.34. The van der Waals surface area contributed by atoms with Gasteiger partial charge in [0.15, 0.2) is 0 Å². The first kappa shape index (κ1) is 11.8. The van der Waals surface area contributed by atoms with E-state index in [9.17, 15) is 10.2 Å². The fraction of sp³-hybridized carbons (Fsp3) is 0. The van der Waals surface area contributed by atoms with Crippen molar-refractivity contribution in [1.82, 2.24) is 0 Å². The van der Waals surface area contributed by atoms with Gasteiger partial charge in [0.2, 0.25) is 0 Å². The predicted molar refractivity (Wildman–Crippen MR) is 57.5 cm³/mol. The van der Waals surface area contributed by atoms with Crippen molar-refractivity contribution in [2.24, 2.45) is 0 Å². The second-order valence-corrected chi connectivity index (χ2v) is 4.12. The molecule has 0 heterocycles. The average molecular weight is 266 g/mol. The molecule has 2 aromatic rings. The second kappa shape index (κ2) is 5.61. The zero-order chi connectivity index (χ0) is 12.1. The van der Waals surface area contributed by atoms with Crippen LogP contribution in [0.1, 0.15) is 0 Å². The molecule has 0 atom stereocenters. The van der Waals surface area contributed by atoms with Crippen LogP contribution in [0.2, 0.25) is 0 Å². The third kappa shape index (κ3) is 3.15. The van der Waals surface area contributed by atoms with Crippen LogP contribution in [0.25, 0.3) is 0 Å². The molecule has 0 saturated carbocycles. The Morgan fingerprint density at radius 1 is 0.706 bits per heavy atom. The van der Waals surface area contributed by atoms with Gasteiger partial charge in [0.25, 0.3) is 0 Å². The van der Waals surface area contributed by atoms with E-state index in [4.69, 9.17) is 6.64 Å². The van der Waals surface area contributed by atoms with Crippen molar-refractivity contribution >= 4 is 0 Å². The third-order valence-electron chi connectivity index (χ3n) is 2.03. The summed E-state index contributed by atoms with van der Waals surface area (Å²) in [4.78, 5) is 0. The van der Waals surface area contributed by atoms with Gasteiger partial charge in [0, 0.05) is 0 Å². The van der Waals surface area contributed by atoms with Crippen LogP contribution in [0, 0.1) is 0 Å². The number of hydrogen-bond acceptors (Lipinski definition) is 4. The molecule has 0 bridgehead atoms. The Balaban J connectivity index is 1.93. The molecule has 0 aliphatic heterocycles. The molecule has 5 heteroatoms. The van der Waals surface area contributed by atoms with Gasteiger partial charge < -0.3 is 0 Å². The Bertz CT molecular complexity index is 456. The van der Waals surface area contributed by atoms with Crippen molar-refractivity contribution in [3.63, 3.8) is 0 Å². The molecule has 17 heavy (non-hydrogen) atoms. The fourth-order valence-electron chi connectivity index (χ4n) is 1.20. The van der Waals surface area contributed by atoms with Crippen LogP contribution in [-0.2, 0) is 19.9 Å². The Morgan fingerprint density at radius 3 is 1.53 bits per heavy atom. The van der Waals surface area contributed by atoms with Gasteiger partial charge in [0.1, 0.15) is 0 Å². The van der Waals surface area contributed by atoms with E-state index < -0.39 is 19.9 Å². The van der Waals surface area contributed by atoms with Gasteiger partial charge in [-0.2, -0.15) is 0 Å². The standard InChI is InChI=1S/2C6H6O2.Ti/c2*7-5-3-1-2-4-6(5)8;/h2*1-4,7-8H;/q;;+2/p-2. The van der Waals surface area contributed by atoms with E-state index in [0.29, 0.717) is 11.5 Å². The molecular formula is C12H10O4Ti. The first-order valence-corrected chi connectivity index (χ1v) is 6.19. The SMILES string of the molecule is Oc1ccccc1[O][Ti][O]c1ccccc1O. The molecule has 0 saturated heterocycles. The molecule has 0 fully saturated rings. The van der Waals surface area contributed by atoms with Crippen molar-refractivity contribution < 1.29 is 36.8 Å². The topological polar surface area (TPSA) is 58.9 Å². The van der Waals surface area contributed by atoms with Crippen molar-refractivity contribution in [2.75, 3.05) is 0 Å². The van der Waals surface area contributed by atoms with Gasteiger partial charge in [-0.25, -0.2) is 0 Å². The maximum atomic E-state index is 9.45. The summed E-state index contributed by atoms with van der Waals surface area (Å²) in [5.41, 5.74) is 0. The maximum absolute atomic E-state index is 9.45. The molecule has 0 aromatic heterocycles. The summed E-state index contributed by atoms with van der Waals surface area (Å²) in [6.45, 7) is 0. The van der Waals surface area contributed by atoms with Crippen LogP contribution < -0.4 is 6.64 Å². The van der Waals surface area contributed by atoms with E-state index in [1.807, 2.05) is 0 Å². The summed E-state index contributed by atoms with van der Waals surface area (Å²) in [5.74, 6) is 0.945. The van der Waals surface area contributed by atoms with Crippen LogP contribution in [0.4, 0.5) is 0 Å². The van der Waals surface area contributed by atoms with Crippen molar-refractivity contribution in [3.05, 3.63) is 48.5 Å². The fourth-order valence-corrected chi connectivity index (χ4v) is 2.08.